The lowest BCUT2D eigenvalue weighted by Crippen LogP contribution is -2.00. The second-order valence-electron chi connectivity index (χ2n) is 4.30. The molecule has 0 bridgehead atoms. The first-order chi connectivity index (χ1) is 8.35. The molecule has 0 saturated carbocycles. The van der Waals surface area contributed by atoms with Crippen molar-refractivity contribution in [2.45, 2.75) is 45.4 Å². The molecule has 92 valence electrons. The van der Waals surface area contributed by atoms with Crippen molar-refractivity contribution in [3.05, 3.63) is 23.3 Å². The number of thiophene rings is 1. The van der Waals surface area contributed by atoms with Gasteiger partial charge in [-0.2, -0.15) is 5.10 Å². The number of aromatic nitrogens is 3. The second kappa shape index (κ2) is 5.96. The van der Waals surface area contributed by atoms with Crippen molar-refractivity contribution in [2.75, 3.05) is 0 Å². The van der Waals surface area contributed by atoms with Crippen molar-refractivity contribution in [1.29, 1.82) is 0 Å². The Morgan fingerprint density at radius 3 is 2.65 bits per heavy atom. The number of H-pyrrole nitrogens is 1. The maximum absolute atomic E-state index is 4.63. The summed E-state index contributed by atoms with van der Waals surface area (Å²) in [5, 5.41) is 9.48. The third-order valence-electron chi connectivity index (χ3n) is 2.91. The third-order valence-corrected chi connectivity index (χ3v) is 3.77. The fraction of sp³-hybridized carbons (Fsp3) is 0.538. The van der Waals surface area contributed by atoms with Crippen molar-refractivity contribution < 1.29 is 0 Å². The van der Waals surface area contributed by atoms with Gasteiger partial charge in [0.1, 0.15) is 5.82 Å². The van der Waals surface area contributed by atoms with Crippen LogP contribution >= 0.6 is 11.3 Å². The van der Waals surface area contributed by atoms with Gasteiger partial charge in [0.05, 0.1) is 4.88 Å². The fourth-order valence-electron chi connectivity index (χ4n) is 2.09. The minimum Gasteiger partial charge on any atom is -0.262 e. The average Bonchev–Trinajstić information content (AvgIpc) is 2.99. The molecule has 0 atom stereocenters. The van der Waals surface area contributed by atoms with Crippen LogP contribution in [-0.2, 0) is 0 Å². The zero-order valence-electron chi connectivity index (χ0n) is 10.4. The topological polar surface area (TPSA) is 41.6 Å². The van der Waals surface area contributed by atoms with Gasteiger partial charge < -0.3 is 0 Å². The summed E-state index contributed by atoms with van der Waals surface area (Å²) in [4.78, 5) is 5.77. The minimum atomic E-state index is 0.534. The van der Waals surface area contributed by atoms with Crippen LogP contribution in [0.3, 0.4) is 0 Å². The Labute approximate surface area is 106 Å². The Kier molecular flexibility index (Phi) is 4.31. The molecule has 2 heterocycles. The summed E-state index contributed by atoms with van der Waals surface area (Å²) in [6.07, 6.45) is 4.76. The summed E-state index contributed by atoms with van der Waals surface area (Å²) >= 11 is 1.68. The standard InChI is InChI=1S/C13H19N3S/c1-3-6-10(7-4-2)12-14-13(16-15-12)11-8-5-9-17-11/h5,8-10H,3-4,6-7H2,1-2H3,(H,14,15,16). The van der Waals surface area contributed by atoms with Crippen molar-refractivity contribution in [3.8, 4) is 10.7 Å². The Morgan fingerprint density at radius 1 is 1.29 bits per heavy atom. The van der Waals surface area contributed by atoms with Crippen molar-refractivity contribution >= 4 is 11.3 Å². The largest absolute Gasteiger partial charge is 0.262 e. The summed E-state index contributed by atoms with van der Waals surface area (Å²) in [5.41, 5.74) is 0. The molecule has 0 amide bonds. The predicted octanol–water partition coefficient (Wildman–Crippen LogP) is 4.22. The summed E-state index contributed by atoms with van der Waals surface area (Å²) in [6, 6.07) is 4.10. The smallest absolute Gasteiger partial charge is 0.191 e. The predicted molar refractivity (Wildman–Crippen MR) is 72.3 cm³/mol. The third kappa shape index (κ3) is 2.94. The number of hydrogen-bond acceptors (Lipinski definition) is 3. The van der Waals surface area contributed by atoms with E-state index >= 15 is 0 Å². The minimum absolute atomic E-state index is 0.534. The summed E-state index contributed by atoms with van der Waals surface area (Å²) in [7, 11) is 0. The van der Waals surface area contributed by atoms with E-state index in [0.717, 1.165) is 16.5 Å². The zero-order valence-corrected chi connectivity index (χ0v) is 11.3. The summed E-state index contributed by atoms with van der Waals surface area (Å²) in [5.74, 6) is 2.43. The Hall–Kier alpha value is -1.16. The Bertz CT molecular complexity index is 427. The summed E-state index contributed by atoms with van der Waals surface area (Å²) in [6.45, 7) is 4.44. The van der Waals surface area contributed by atoms with Crippen molar-refractivity contribution in [2.24, 2.45) is 0 Å². The number of hydrogen-bond donors (Lipinski definition) is 1. The number of nitrogens with zero attached hydrogens (tertiary/aromatic N) is 2. The van der Waals surface area contributed by atoms with Gasteiger partial charge in [0.2, 0.25) is 0 Å². The molecule has 0 aromatic carbocycles. The fourth-order valence-corrected chi connectivity index (χ4v) is 2.75. The van der Waals surface area contributed by atoms with E-state index in [9.17, 15) is 0 Å². The highest BCUT2D eigenvalue weighted by molar-refractivity contribution is 7.13. The highest BCUT2D eigenvalue weighted by atomic mass is 32.1. The van der Waals surface area contributed by atoms with Crippen LogP contribution in [0.5, 0.6) is 0 Å². The highest BCUT2D eigenvalue weighted by Crippen LogP contribution is 2.26. The van der Waals surface area contributed by atoms with Gasteiger partial charge in [-0.05, 0) is 24.3 Å². The van der Waals surface area contributed by atoms with Gasteiger partial charge in [-0.25, -0.2) is 4.98 Å². The van der Waals surface area contributed by atoms with E-state index < -0.39 is 0 Å². The maximum atomic E-state index is 4.63. The van der Waals surface area contributed by atoms with E-state index in [0.29, 0.717) is 5.92 Å². The van der Waals surface area contributed by atoms with E-state index in [1.807, 2.05) is 6.07 Å². The monoisotopic (exact) mass is 249 g/mol. The van der Waals surface area contributed by atoms with Gasteiger partial charge in [-0.3, -0.25) is 5.10 Å². The first kappa shape index (κ1) is 12.3. The van der Waals surface area contributed by atoms with Gasteiger partial charge in [0.25, 0.3) is 0 Å². The molecule has 0 spiro atoms. The normalized spacial score (nSPS) is 11.2. The molecule has 2 rings (SSSR count). The molecule has 0 aliphatic rings. The van der Waals surface area contributed by atoms with Crippen LogP contribution in [0.25, 0.3) is 10.7 Å². The van der Waals surface area contributed by atoms with Gasteiger partial charge in [-0.15, -0.1) is 11.3 Å². The zero-order chi connectivity index (χ0) is 12.1. The highest BCUT2D eigenvalue weighted by Gasteiger charge is 2.15. The molecular formula is C13H19N3S. The van der Waals surface area contributed by atoms with Crippen LogP contribution < -0.4 is 0 Å². The first-order valence-electron chi connectivity index (χ1n) is 6.31. The lowest BCUT2D eigenvalue weighted by atomic mass is 9.98. The lowest BCUT2D eigenvalue weighted by molar-refractivity contribution is 0.535. The van der Waals surface area contributed by atoms with Crippen molar-refractivity contribution in [1.82, 2.24) is 15.2 Å². The summed E-state index contributed by atoms with van der Waals surface area (Å²) < 4.78 is 0. The quantitative estimate of drug-likeness (QED) is 0.833. The molecule has 2 aromatic heterocycles. The molecule has 0 saturated heterocycles. The van der Waals surface area contributed by atoms with E-state index in [1.165, 1.54) is 25.7 Å². The number of aromatic amines is 1. The van der Waals surface area contributed by atoms with Gasteiger partial charge >= 0.3 is 0 Å². The molecule has 0 aliphatic heterocycles. The molecule has 0 fully saturated rings. The van der Waals surface area contributed by atoms with Crippen LogP contribution in [0.15, 0.2) is 17.5 Å². The van der Waals surface area contributed by atoms with Gasteiger partial charge in [0, 0.05) is 5.92 Å². The number of nitrogens with one attached hydrogen (secondary N) is 1. The Morgan fingerprint density at radius 2 is 2.06 bits per heavy atom. The molecule has 17 heavy (non-hydrogen) atoms. The second-order valence-corrected chi connectivity index (χ2v) is 5.24. The molecule has 0 radical (unpaired) electrons. The average molecular weight is 249 g/mol. The number of rotatable bonds is 6. The van der Waals surface area contributed by atoms with E-state index in [4.69, 9.17) is 0 Å². The Balaban J connectivity index is 2.15. The van der Waals surface area contributed by atoms with Gasteiger partial charge in [0.15, 0.2) is 5.82 Å². The van der Waals surface area contributed by atoms with Crippen molar-refractivity contribution in [3.63, 3.8) is 0 Å². The van der Waals surface area contributed by atoms with Crippen LogP contribution in [0.2, 0.25) is 0 Å². The lowest BCUT2D eigenvalue weighted by Gasteiger charge is -2.10. The van der Waals surface area contributed by atoms with Crippen LogP contribution in [-0.4, -0.2) is 15.2 Å². The first-order valence-corrected chi connectivity index (χ1v) is 7.19. The maximum Gasteiger partial charge on any atom is 0.191 e. The van der Waals surface area contributed by atoms with E-state index in [-0.39, 0.29) is 0 Å². The molecular weight excluding hydrogens is 230 g/mol. The van der Waals surface area contributed by atoms with E-state index in [2.05, 4.69) is 40.5 Å². The van der Waals surface area contributed by atoms with Gasteiger partial charge in [-0.1, -0.05) is 32.8 Å². The SMILES string of the molecule is CCCC(CCC)c1nc(-c2cccs2)n[nH]1. The molecule has 0 unspecified atom stereocenters. The molecule has 4 heteroatoms. The van der Waals surface area contributed by atoms with Crippen LogP contribution in [0.1, 0.15) is 51.3 Å². The van der Waals surface area contributed by atoms with Crippen LogP contribution in [0, 0.1) is 0 Å². The molecule has 3 nitrogen and oxygen atoms in total. The van der Waals surface area contributed by atoms with E-state index in [1.54, 1.807) is 11.3 Å². The van der Waals surface area contributed by atoms with Crippen LogP contribution in [0.4, 0.5) is 0 Å². The molecule has 0 aliphatic carbocycles. The molecule has 2 aromatic rings. The molecule has 1 N–H and O–H groups in total.